The van der Waals surface area contributed by atoms with Crippen molar-refractivity contribution >= 4 is 0 Å². The number of hydrogen-bond donors (Lipinski definition) is 1. The minimum absolute atomic E-state index is 0.191. The molecule has 15 heavy (non-hydrogen) atoms. The van der Waals surface area contributed by atoms with Crippen LogP contribution in [0.4, 0.5) is 0 Å². The smallest absolute Gasteiger partial charge is 0.0366 e. The zero-order chi connectivity index (χ0) is 12.1. The second kappa shape index (κ2) is 6.12. The lowest BCUT2D eigenvalue weighted by Gasteiger charge is -2.32. The van der Waals surface area contributed by atoms with E-state index in [-0.39, 0.29) is 5.54 Å². The van der Waals surface area contributed by atoms with Gasteiger partial charge < -0.3 is 5.73 Å². The predicted octanol–water partition coefficient (Wildman–Crippen LogP) is 4.05. The second-order valence-electron chi connectivity index (χ2n) is 5.17. The van der Waals surface area contributed by atoms with Gasteiger partial charge in [0.15, 0.2) is 0 Å². The van der Waals surface area contributed by atoms with Crippen LogP contribution in [0, 0.1) is 5.92 Å². The average Bonchev–Trinajstić information content (AvgIpc) is 2.13. The molecule has 88 valence electrons. The Balaban J connectivity index is 4.40. The third kappa shape index (κ3) is 5.17. The molecule has 0 aromatic rings. The molecule has 0 fully saturated rings. The largest absolute Gasteiger partial charge is 0.322 e. The van der Waals surface area contributed by atoms with E-state index >= 15 is 0 Å². The number of nitrogens with two attached hydrogens (primary N) is 1. The summed E-state index contributed by atoms with van der Waals surface area (Å²) in [5.74, 6) is 0.636. The Bertz CT molecular complexity index is 227. The van der Waals surface area contributed by atoms with Crippen molar-refractivity contribution in [2.45, 2.75) is 58.9 Å². The molecule has 0 rings (SSSR count). The summed E-state index contributed by atoms with van der Waals surface area (Å²) in [6.07, 6.45) is 3.97. The van der Waals surface area contributed by atoms with Crippen molar-refractivity contribution in [2.75, 3.05) is 0 Å². The SMILES string of the molecule is C=C(C)CCC(N)(CC)C(=C)CC(C)C. The van der Waals surface area contributed by atoms with Crippen molar-refractivity contribution in [3.05, 3.63) is 24.3 Å². The van der Waals surface area contributed by atoms with Crippen molar-refractivity contribution in [3.63, 3.8) is 0 Å². The van der Waals surface area contributed by atoms with Gasteiger partial charge in [-0.05, 0) is 38.5 Å². The average molecular weight is 209 g/mol. The lowest BCUT2D eigenvalue weighted by Crippen LogP contribution is -2.41. The van der Waals surface area contributed by atoms with Gasteiger partial charge in [-0.15, -0.1) is 6.58 Å². The molecule has 0 aromatic heterocycles. The Morgan fingerprint density at radius 2 is 1.87 bits per heavy atom. The Morgan fingerprint density at radius 3 is 2.20 bits per heavy atom. The van der Waals surface area contributed by atoms with Crippen LogP contribution in [0.5, 0.6) is 0 Å². The first-order chi connectivity index (χ1) is 6.81. The van der Waals surface area contributed by atoms with Crippen molar-refractivity contribution < 1.29 is 0 Å². The van der Waals surface area contributed by atoms with E-state index in [1.165, 1.54) is 11.1 Å². The Labute approximate surface area is 95.4 Å². The lowest BCUT2D eigenvalue weighted by atomic mass is 9.80. The molecule has 0 saturated heterocycles. The van der Waals surface area contributed by atoms with E-state index in [1.54, 1.807) is 0 Å². The van der Waals surface area contributed by atoms with Crippen LogP contribution in [-0.4, -0.2) is 5.54 Å². The fraction of sp³-hybridized carbons (Fsp3) is 0.714. The van der Waals surface area contributed by atoms with E-state index in [0.717, 1.165) is 25.7 Å². The third-order valence-electron chi connectivity index (χ3n) is 2.99. The first-order valence-electron chi connectivity index (χ1n) is 5.93. The molecular formula is C14H27N. The van der Waals surface area contributed by atoms with Crippen molar-refractivity contribution in [1.82, 2.24) is 0 Å². The zero-order valence-electron chi connectivity index (χ0n) is 10.9. The monoisotopic (exact) mass is 209 g/mol. The first kappa shape index (κ1) is 14.4. The summed E-state index contributed by atoms with van der Waals surface area (Å²) < 4.78 is 0. The quantitative estimate of drug-likeness (QED) is 0.629. The van der Waals surface area contributed by atoms with Crippen LogP contribution in [0.2, 0.25) is 0 Å². The molecule has 0 saturated carbocycles. The topological polar surface area (TPSA) is 26.0 Å². The Kier molecular flexibility index (Phi) is 5.89. The van der Waals surface area contributed by atoms with E-state index in [0.29, 0.717) is 5.92 Å². The fourth-order valence-corrected chi connectivity index (χ4v) is 1.74. The van der Waals surface area contributed by atoms with Gasteiger partial charge in [-0.3, -0.25) is 0 Å². The molecule has 0 heterocycles. The summed E-state index contributed by atoms with van der Waals surface area (Å²) in [6, 6.07) is 0. The molecule has 1 unspecified atom stereocenters. The van der Waals surface area contributed by atoms with Gasteiger partial charge in [0.05, 0.1) is 0 Å². The zero-order valence-corrected chi connectivity index (χ0v) is 10.9. The lowest BCUT2D eigenvalue weighted by molar-refractivity contribution is 0.416. The van der Waals surface area contributed by atoms with Crippen LogP contribution in [0.15, 0.2) is 24.3 Å². The van der Waals surface area contributed by atoms with Gasteiger partial charge in [0, 0.05) is 5.54 Å². The maximum atomic E-state index is 6.40. The highest BCUT2D eigenvalue weighted by molar-refractivity contribution is 5.16. The fourth-order valence-electron chi connectivity index (χ4n) is 1.74. The standard InChI is InChI=1S/C14H27N/c1-7-14(15,9-8-11(2)3)13(6)10-12(4)5/h12H,2,6-10,15H2,1,3-5H3. The van der Waals surface area contributed by atoms with Gasteiger partial charge in [0.25, 0.3) is 0 Å². The van der Waals surface area contributed by atoms with Crippen molar-refractivity contribution in [3.8, 4) is 0 Å². The molecule has 0 spiro atoms. The van der Waals surface area contributed by atoms with Crippen molar-refractivity contribution in [2.24, 2.45) is 11.7 Å². The molecular weight excluding hydrogens is 182 g/mol. The minimum Gasteiger partial charge on any atom is -0.322 e. The summed E-state index contributed by atoms with van der Waals surface area (Å²) in [6.45, 7) is 16.7. The predicted molar refractivity (Wildman–Crippen MR) is 69.9 cm³/mol. The Hall–Kier alpha value is -0.560. The highest BCUT2D eigenvalue weighted by atomic mass is 14.7. The van der Waals surface area contributed by atoms with Gasteiger partial charge in [-0.25, -0.2) is 0 Å². The number of hydrogen-bond acceptors (Lipinski definition) is 1. The summed E-state index contributed by atoms with van der Waals surface area (Å²) in [5, 5.41) is 0. The molecule has 2 N–H and O–H groups in total. The number of allylic oxidation sites excluding steroid dienone is 1. The summed E-state index contributed by atoms with van der Waals surface area (Å²) >= 11 is 0. The molecule has 1 atom stereocenters. The first-order valence-corrected chi connectivity index (χ1v) is 5.93. The van der Waals surface area contributed by atoms with Gasteiger partial charge in [0.1, 0.15) is 0 Å². The van der Waals surface area contributed by atoms with Crippen molar-refractivity contribution in [1.29, 1.82) is 0 Å². The summed E-state index contributed by atoms with van der Waals surface area (Å²) in [7, 11) is 0. The molecule has 0 aliphatic carbocycles. The molecule has 0 aromatic carbocycles. The molecule has 0 amide bonds. The molecule has 0 bridgehead atoms. The van der Waals surface area contributed by atoms with Gasteiger partial charge in [-0.2, -0.15) is 0 Å². The van der Waals surface area contributed by atoms with E-state index in [4.69, 9.17) is 5.73 Å². The Morgan fingerprint density at radius 1 is 1.33 bits per heavy atom. The minimum atomic E-state index is -0.191. The van der Waals surface area contributed by atoms with Gasteiger partial charge >= 0.3 is 0 Å². The van der Waals surface area contributed by atoms with E-state index in [1.807, 2.05) is 0 Å². The van der Waals surface area contributed by atoms with Gasteiger partial charge in [0.2, 0.25) is 0 Å². The summed E-state index contributed by atoms with van der Waals surface area (Å²) in [4.78, 5) is 0. The van der Waals surface area contributed by atoms with Crippen LogP contribution in [0.1, 0.15) is 53.4 Å². The van der Waals surface area contributed by atoms with Crippen LogP contribution < -0.4 is 5.73 Å². The molecule has 1 nitrogen and oxygen atoms in total. The van der Waals surface area contributed by atoms with E-state index < -0.39 is 0 Å². The van der Waals surface area contributed by atoms with Gasteiger partial charge in [-0.1, -0.05) is 38.5 Å². The van der Waals surface area contributed by atoms with E-state index in [2.05, 4.69) is 40.9 Å². The highest BCUT2D eigenvalue weighted by Gasteiger charge is 2.25. The maximum absolute atomic E-state index is 6.40. The number of rotatable bonds is 7. The van der Waals surface area contributed by atoms with Crippen LogP contribution in [0.25, 0.3) is 0 Å². The van der Waals surface area contributed by atoms with Crippen LogP contribution in [0.3, 0.4) is 0 Å². The maximum Gasteiger partial charge on any atom is 0.0366 e. The second-order valence-corrected chi connectivity index (χ2v) is 5.17. The van der Waals surface area contributed by atoms with Crippen LogP contribution >= 0.6 is 0 Å². The molecule has 0 aliphatic rings. The highest BCUT2D eigenvalue weighted by Crippen LogP contribution is 2.28. The van der Waals surface area contributed by atoms with Crippen LogP contribution in [-0.2, 0) is 0 Å². The summed E-state index contributed by atoms with van der Waals surface area (Å²) in [5.41, 5.74) is 8.61. The third-order valence-corrected chi connectivity index (χ3v) is 2.99. The normalized spacial score (nSPS) is 15.1. The van der Waals surface area contributed by atoms with E-state index in [9.17, 15) is 0 Å². The molecule has 0 aliphatic heterocycles. The molecule has 0 radical (unpaired) electrons. The molecule has 1 heteroatoms.